The molecule has 0 aliphatic rings. The number of hydrogen-bond donors (Lipinski definition) is 0. The fraction of sp³-hybridized carbons (Fsp3) is 0.222. The second-order valence-corrected chi connectivity index (χ2v) is 5.20. The number of nitrogens with zero attached hydrogens (tertiary/aromatic N) is 3. The van der Waals surface area contributed by atoms with Gasteiger partial charge in [0.05, 0.1) is 38.1 Å². The molecule has 3 rings (SSSR count). The number of aryl methyl sites for hydroxylation is 1. The van der Waals surface area contributed by atoms with Gasteiger partial charge in [-0.25, -0.2) is 4.98 Å². The SMILES string of the molecule is COc1ccc(-c2nc3c(C)cccn3c2CC#N)cc1OC. The molecule has 5 heteroatoms. The molecule has 0 atom stereocenters. The van der Waals surface area contributed by atoms with E-state index in [0.29, 0.717) is 11.5 Å². The van der Waals surface area contributed by atoms with Gasteiger partial charge in [-0.3, -0.25) is 0 Å². The van der Waals surface area contributed by atoms with E-state index >= 15 is 0 Å². The molecule has 1 aromatic carbocycles. The maximum absolute atomic E-state index is 9.19. The average Bonchev–Trinajstić information content (AvgIpc) is 2.95. The van der Waals surface area contributed by atoms with Crippen LogP contribution in [0.3, 0.4) is 0 Å². The van der Waals surface area contributed by atoms with Gasteiger partial charge in [0, 0.05) is 11.8 Å². The minimum atomic E-state index is 0.286. The summed E-state index contributed by atoms with van der Waals surface area (Å²) in [6.07, 6.45) is 2.22. The molecular formula is C18H17N3O2. The molecule has 2 aromatic heterocycles. The predicted octanol–water partition coefficient (Wildman–Crippen LogP) is 3.39. The van der Waals surface area contributed by atoms with E-state index < -0.39 is 0 Å². The van der Waals surface area contributed by atoms with Crippen molar-refractivity contribution in [1.82, 2.24) is 9.38 Å². The van der Waals surface area contributed by atoms with E-state index in [-0.39, 0.29) is 6.42 Å². The van der Waals surface area contributed by atoms with Crippen molar-refractivity contribution in [3.05, 3.63) is 47.8 Å². The molecule has 2 heterocycles. The van der Waals surface area contributed by atoms with E-state index in [1.165, 1.54) is 0 Å². The number of fused-ring (bicyclic) bond motifs is 1. The molecular weight excluding hydrogens is 290 g/mol. The van der Waals surface area contributed by atoms with Gasteiger partial charge in [-0.15, -0.1) is 0 Å². The Morgan fingerprint density at radius 1 is 1.17 bits per heavy atom. The summed E-state index contributed by atoms with van der Waals surface area (Å²) >= 11 is 0. The third kappa shape index (κ3) is 2.49. The maximum Gasteiger partial charge on any atom is 0.161 e. The van der Waals surface area contributed by atoms with Gasteiger partial charge < -0.3 is 13.9 Å². The van der Waals surface area contributed by atoms with Crippen molar-refractivity contribution in [3.8, 4) is 28.8 Å². The lowest BCUT2D eigenvalue weighted by molar-refractivity contribution is 0.355. The first-order chi connectivity index (χ1) is 11.2. The van der Waals surface area contributed by atoms with Crippen LogP contribution in [0.5, 0.6) is 11.5 Å². The van der Waals surface area contributed by atoms with Gasteiger partial charge in [0.1, 0.15) is 5.65 Å². The topological polar surface area (TPSA) is 59.5 Å². The predicted molar refractivity (Wildman–Crippen MR) is 87.8 cm³/mol. The molecule has 0 saturated carbocycles. The Hall–Kier alpha value is -3.00. The number of benzene rings is 1. The van der Waals surface area contributed by atoms with Crippen molar-refractivity contribution in [1.29, 1.82) is 5.26 Å². The zero-order valence-electron chi connectivity index (χ0n) is 13.3. The fourth-order valence-electron chi connectivity index (χ4n) is 2.71. The number of rotatable bonds is 4. The van der Waals surface area contributed by atoms with Crippen molar-refractivity contribution in [3.63, 3.8) is 0 Å². The van der Waals surface area contributed by atoms with Crippen LogP contribution in [-0.2, 0) is 6.42 Å². The molecule has 0 radical (unpaired) electrons. The quantitative estimate of drug-likeness (QED) is 0.741. The Kier molecular flexibility index (Phi) is 3.90. The lowest BCUT2D eigenvalue weighted by Crippen LogP contribution is -1.95. The summed E-state index contributed by atoms with van der Waals surface area (Å²) in [6, 6.07) is 11.9. The van der Waals surface area contributed by atoms with Crippen LogP contribution in [0, 0.1) is 18.3 Å². The second kappa shape index (κ2) is 6.01. The highest BCUT2D eigenvalue weighted by atomic mass is 16.5. The molecule has 0 unspecified atom stereocenters. The molecule has 0 fully saturated rings. The number of aromatic nitrogens is 2. The highest BCUT2D eigenvalue weighted by molar-refractivity contribution is 5.70. The summed E-state index contributed by atoms with van der Waals surface area (Å²) in [5, 5.41) is 9.19. The van der Waals surface area contributed by atoms with Crippen molar-refractivity contribution in [2.45, 2.75) is 13.3 Å². The minimum Gasteiger partial charge on any atom is -0.493 e. The van der Waals surface area contributed by atoms with Crippen molar-refractivity contribution in [2.75, 3.05) is 14.2 Å². The van der Waals surface area contributed by atoms with Gasteiger partial charge in [-0.2, -0.15) is 5.26 Å². The van der Waals surface area contributed by atoms with Crippen LogP contribution in [0.2, 0.25) is 0 Å². The Morgan fingerprint density at radius 2 is 1.96 bits per heavy atom. The number of pyridine rings is 1. The molecule has 0 saturated heterocycles. The monoisotopic (exact) mass is 307 g/mol. The van der Waals surface area contributed by atoms with Crippen LogP contribution >= 0.6 is 0 Å². The first-order valence-corrected chi connectivity index (χ1v) is 7.25. The lowest BCUT2D eigenvalue weighted by atomic mass is 10.1. The molecule has 5 nitrogen and oxygen atoms in total. The lowest BCUT2D eigenvalue weighted by Gasteiger charge is -2.09. The third-order valence-corrected chi connectivity index (χ3v) is 3.85. The number of methoxy groups -OCH3 is 2. The van der Waals surface area contributed by atoms with Gasteiger partial charge in [-0.05, 0) is 36.8 Å². The highest BCUT2D eigenvalue weighted by Crippen LogP contribution is 2.34. The van der Waals surface area contributed by atoms with Crippen molar-refractivity contribution < 1.29 is 9.47 Å². The maximum atomic E-state index is 9.19. The first kappa shape index (κ1) is 14.9. The molecule has 0 bridgehead atoms. The van der Waals surface area contributed by atoms with E-state index in [9.17, 15) is 5.26 Å². The molecule has 0 N–H and O–H groups in total. The van der Waals surface area contributed by atoms with E-state index in [1.54, 1.807) is 14.2 Å². The number of imidazole rings is 1. The standard InChI is InChI=1S/C18H17N3O2/c1-12-5-4-10-21-14(8-9-19)17(20-18(12)21)13-6-7-15(22-2)16(11-13)23-3/h4-7,10-11H,8H2,1-3H3. The largest absolute Gasteiger partial charge is 0.493 e. The zero-order chi connectivity index (χ0) is 16.4. The molecule has 116 valence electrons. The van der Waals surface area contributed by atoms with Gasteiger partial charge in [0.25, 0.3) is 0 Å². The van der Waals surface area contributed by atoms with Crippen LogP contribution in [0.4, 0.5) is 0 Å². The second-order valence-electron chi connectivity index (χ2n) is 5.20. The Labute approximate surface area is 134 Å². The Bertz CT molecular complexity index is 907. The normalized spacial score (nSPS) is 10.5. The van der Waals surface area contributed by atoms with Crippen LogP contribution < -0.4 is 9.47 Å². The summed E-state index contributed by atoms with van der Waals surface area (Å²) in [4.78, 5) is 4.75. The van der Waals surface area contributed by atoms with Crippen molar-refractivity contribution in [2.24, 2.45) is 0 Å². The first-order valence-electron chi connectivity index (χ1n) is 7.25. The number of hydrogen-bond acceptors (Lipinski definition) is 4. The van der Waals surface area contributed by atoms with Crippen LogP contribution in [0.25, 0.3) is 16.9 Å². The Morgan fingerprint density at radius 3 is 2.65 bits per heavy atom. The molecule has 23 heavy (non-hydrogen) atoms. The molecule has 3 aromatic rings. The van der Waals surface area contributed by atoms with Gasteiger partial charge in [-0.1, -0.05) is 6.07 Å². The summed E-state index contributed by atoms with van der Waals surface area (Å²) in [5.41, 5.74) is 4.50. The smallest absolute Gasteiger partial charge is 0.161 e. The van der Waals surface area contributed by atoms with E-state index in [4.69, 9.17) is 14.5 Å². The van der Waals surface area contributed by atoms with Gasteiger partial charge in [0.2, 0.25) is 0 Å². The van der Waals surface area contributed by atoms with Crippen LogP contribution in [0.1, 0.15) is 11.3 Å². The summed E-state index contributed by atoms with van der Waals surface area (Å²) in [7, 11) is 3.21. The highest BCUT2D eigenvalue weighted by Gasteiger charge is 2.16. The molecule has 0 aliphatic heterocycles. The van der Waals surface area contributed by atoms with E-state index in [2.05, 4.69) is 6.07 Å². The Balaban J connectivity index is 2.25. The molecule has 0 aliphatic carbocycles. The summed E-state index contributed by atoms with van der Waals surface area (Å²) in [5.74, 6) is 1.31. The summed E-state index contributed by atoms with van der Waals surface area (Å²) < 4.78 is 12.6. The number of nitriles is 1. The minimum absolute atomic E-state index is 0.286. The number of ether oxygens (including phenoxy) is 2. The van der Waals surface area contributed by atoms with Gasteiger partial charge in [0.15, 0.2) is 11.5 Å². The van der Waals surface area contributed by atoms with E-state index in [0.717, 1.165) is 28.2 Å². The third-order valence-electron chi connectivity index (χ3n) is 3.85. The zero-order valence-corrected chi connectivity index (χ0v) is 13.3. The van der Waals surface area contributed by atoms with Crippen LogP contribution in [0.15, 0.2) is 36.5 Å². The van der Waals surface area contributed by atoms with Crippen LogP contribution in [-0.4, -0.2) is 23.6 Å². The van der Waals surface area contributed by atoms with Gasteiger partial charge >= 0.3 is 0 Å². The summed E-state index contributed by atoms with van der Waals surface area (Å²) in [6.45, 7) is 2.01. The van der Waals surface area contributed by atoms with Crippen molar-refractivity contribution >= 4 is 5.65 Å². The molecule has 0 spiro atoms. The average molecular weight is 307 g/mol. The molecule has 0 amide bonds. The van der Waals surface area contributed by atoms with E-state index in [1.807, 2.05) is 47.9 Å². The fourth-order valence-corrected chi connectivity index (χ4v) is 2.71.